The Morgan fingerprint density at radius 3 is 3.10 bits per heavy atom. The van der Waals surface area contributed by atoms with Gasteiger partial charge >= 0.3 is 0 Å². The van der Waals surface area contributed by atoms with E-state index in [4.69, 9.17) is 10.5 Å². The van der Waals surface area contributed by atoms with Crippen LogP contribution in [0, 0.1) is 0 Å². The maximum atomic E-state index is 12.5. The zero-order valence-corrected chi connectivity index (χ0v) is 12.7. The summed E-state index contributed by atoms with van der Waals surface area (Å²) in [5.74, 6) is 0.129. The van der Waals surface area contributed by atoms with Crippen LogP contribution >= 0.6 is 0 Å². The van der Waals surface area contributed by atoms with Crippen LogP contribution in [0.15, 0.2) is 18.2 Å². The molecule has 4 nitrogen and oxygen atoms in total. The van der Waals surface area contributed by atoms with E-state index < -0.39 is 0 Å². The summed E-state index contributed by atoms with van der Waals surface area (Å²) in [6, 6.07) is 6.62. The van der Waals surface area contributed by atoms with Gasteiger partial charge in [0, 0.05) is 24.9 Å². The van der Waals surface area contributed by atoms with Gasteiger partial charge in [-0.25, -0.2) is 0 Å². The molecule has 0 aliphatic carbocycles. The van der Waals surface area contributed by atoms with Crippen molar-refractivity contribution < 1.29 is 9.53 Å². The van der Waals surface area contributed by atoms with Gasteiger partial charge in [-0.1, -0.05) is 19.1 Å². The van der Waals surface area contributed by atoms with Gasteiger partial charge in [0.25, 0.3) is 5.91 Å². The van der Waals surface area contributed by atoms with Crippen molar-refractivity contribution in [3.05, 3.63) is 29.3 Å². The molecular weight excluding hydrogens is 264 g/mol. The van der Waals surface area contributed by atoms with Crippen LogP contribution in [0.4, 0.5) is 5.69 Å². The third kappa shape index (κ3) is 2.97. The summed E-state index contributed by atoms with van der Waals surface area (Å²) in [6.45, 7) is 3.60. The van der Waals surface area contributed by atoms with E-state index in [-0.39, 0.29) is 18.1 Å². The van der Waals surface area contributed by atoms with Gasteiger partial charge in [-0.2, -0.15) is 0 Å². The van der Waals surface area contributed by atoms with Crippen LogP contribution in [-0.2, 0) is 22.4 Å². The highest BCUT2D eigenvalue weighted by atomic mass is 16.5. The number of benzene rings is 1. The van der Waals surface area contributed by atoms with Crippen molar-refractivity contribution in [1.82, 2.24) is 0 Å². The molecule has 21 heavy (non-hydrogen) atoms. The number of carbonyl (C=O) groups excluding carboxylic acids is 1. The number of hydrogen-bond donors (Lipinski definition) is 1. The maximum Gasteiger partial charge on any atom is 0.256 e. The molecule has 2 heterocycles. The van der Waals surface area contributed by atoms with Crippen molar-refractivity contribution in [2.75, 3.05) is 18.1 Å². The van der Waals surface area contributed by atoms with Crippen LogP contribution in [0.25, 0.3) is 0 Å². The molecule has 1 fully saturated rings. The largest absolute Gasteiger partial charge is 0.368 e. The Labute approximate surface area is 126 Å². The van der Waals surface area contributed by atoms with E-state index in [0.717, 1.165) is 44.3 Å². The van der Waals surface area contributed by atoms with Gasteiger partial charge in [0.2, 0.25) is 0 Å². The second-order valence-electron chi connectivity index (χ2n) is 6.08. The summed E-state index contributed by atoms with van der Waals surface area (Å²) >= 11 is 0. The van der Waals surface area contributed by atoms with Crippen LogP contribution in [0.5, 0.6) is 0 Å². The molecule has 114 valence electrons. The normalized spacial score (nSPS) is 22.4. The zero-order valence-electron chi connectivity index (χ0n) is 12.7. The summed E-state index contributed by atoms with van der Waals surface area (Å²) in [5, 5.41) is 0. The molecule has 1 aromatic rings. The Balaban J connectivity index is 1.75. The van der Waals surface area contributed by atoms with Gasteiger partial charge in [0.1, 0.15) is 6.10 Å². The first kappa shape index (κ1) is 14.5. The quantitative estimate of drug-likeness (QED) is 0.922. The summed E-state index contributed by atoms with van der Waals surface area (Å²) in [7, 11) is 0. The molecular formula is C17H24N2O2. The number of carbonyl (C=O) groups is 1. The lowest BCUT2D eigenvalue weighted by molar-refractivity contribution is -0.127. The first-order chi connectivity index (χ1) is 10.2. The fourth-order valence-corrected chi connectivity index (χ4v) is 3.20. The highest BCUT2D eigenvalue weighted by molar-refractivity contribution is 5.98. The van der Waals surface area contributed by atoms with E-state index in [1.807, 2.05) is 4.90 Å². The minimum absolute atomic E-state index is 0.129. The van der Waals surface area contributed by atoms with E-state index in [9.17, 15) is 4.79 Å². The smallest absolute Gasteiger partial charge is 0.256 e. The predicted molar refractivity (Wildman–Crippen MR) is 83.4 cm³/mol. The topological polar surface area (TPSA) is 55.6 Å². The fourth-order valence-electron chi connectivity index (χ4n) is 3.20. The Morgan fingerprint density at radius 2 is 2.38 bits per heavy atom. The molecule has 1 saturated heterocycles. The van der Waals surface area contributed by atoms with Crippen LogP contribution in [0.2, 0.25) is 0 Å². The van der Waals surface area contributed by atoms with Crippen LogP contribution < -0.4 is 10.6 Å². The van der Waals surface area contributed by atoms with Crippen LogP contribution in [0.1, 0.15) is 37.3 Å². The Kier molecular flexibility index (Phi) is 4.27. The van der Waals surface area contributed by atoms with E-state index >= 15 is 0 Å². The van der Waals surface area contributed by atoms with Crippen LogP contribution in [-0.4, -0.2) is 31.2 Å². The SMILES string of the molecule is CCC(N)Cc1ccc2c(c1)CCN2C(=O)C1CCCO1. The molecule has 1 aromatic carbocycles. The second kappa shape index (κ2) is 6.16. The highest BCUT2D eigenvalue weighted by Crippen LogP contribution is 2.31. The number of nitrogens with two attached hydrogens (primary N) is 1. The predicted octanol–water partition coefficient (Wildman–Crippen LogP) is 2.03. The van der Waals surface area contributed by atoms with Gasteiger partial charge in [-0.3, -0.25) is 4.79 Å². The Bertz CT molecular complexity index is 524. The number of ether oxygens (including phenoxy) is 1. The molecule has 2 N–H and O–H groups in total. The number of hydrogen-bond acceptors (Lipinski definition) is 3. The van der Waals surface area contributed by atoms with Crippen molar-refractivity contribution in [3.63, 3.8) is 0 Å². The standard InChI is InChI=1S/C17H24N2O2/c1-2-14(18)11-12-5-6-15-13(10-12)7-8-19(15)17(20)16-4-3-9-21-16/h5-6,10,14,16H,2-4,7-9,11,18H2,1H3. The van der Waals surface area contributed by atoms with E-state index in [0.29, 0.717) is 6.61 Å². The van der Waals surface area contributed by atoms with Crippen molar-refractivity contribution in [3.8, 4) is 0 Å². The van der Waals surface area contributed by atoms with E-state index in [1.54, 1.807) is 0 Å². The first-order valence-corrected chi connectivity index (χ1v) is 7.99. The molecule has 2 aliphatic heterocycles. The third-order valence-corrected chi connectivity index (χ3v) is 4.53. The lowest BCUT2D eigenvalue weighted by Gasteiger charge is -2.21. The molecule has 0 spiro atoms. The average Bonchev–Trinajstić information content (AvgIpc) is 3.15. The van der Waals surface area contributed by atoms with Gasteiger partial charge in [-0.05, 0) is 49.3 Å². The average molecular weight is 288 g/mol. The lowest BCUT2D eigenvalue weighted by Crippen LogP contribution is -2.37. The first-order valence-electron chi connectivity index (χ1n) is 7.99. The van der Waals surface area contributed by atoms with E-state index in [1.165, 1.54) is 11.1 Å². The van der Waals surface area contributed by atoms with E-state index in [2.05, 4.69) is 25.1 Å². The Morgan fingerprint density at radius 1 is 1.52 bits per heavy atom. The number of amides is 1. The number of anilines is 1. The molecule has 0 saturated carbocycles. The molecule has 0 radical (unpaired) electrons. The molecule has 3 rings (SSSR count). The summed E-state index contributed by atoms with van der Waals surface area (Å²) in [6.07, 6.45) is 4.44. The summed E-state index contributed by atoms with van der Waals surface area (Å²) in [5.41, 5.74) is 9.63. The molecule has 2 atom stereocenters. The molecule has 4 heteroatoms. The molecule has 0 bridgehead atoms. The second-order valence-corrected chi connectivity index (χ2v) is 6.08. The van der Waals surface area contributed by atoms with Gasteiger partial charge in [-0.15, -0.1) is 0 Å². The molecule has 2 unspecified atom stereocenters. The molecule has 2 aliphatic rings. The number of rotatable bonds is 4. The van der Waals surface area contributed by atoms with Gasteiger partial charge in [0.15, 0.2) is 0 Å². The molecule has 1 amide bonds. The Hall–Kier alpha value is -1.39. The minimum atomic E-state index is -0.232. The fraction of sp³-hybridized carbons (Fsp3) is 0.588. The monoisotopic (exact) mass is 288 g/mol. The maximum absolute atomic E-state index is 12.5. The lowest BCUT2D eigenvalue weighted by atomic mass is 10.0. The number of nitrogens with zero attached hydrogens (tertiary/aromatic N) is 1. The van der Waals surface area contributed by atoms with Crippen LogP contribution in [0.3, 0.4) is 0 Å². The minimum Gasteiger partial charge on any atom is -0.368 e. The highest BCUT2D eigenvalue weighted by Gasteiger charge is 2.32. The van der Waals surface area contributed by atoms with Gasteiger partial charge < -0.3 is 15.4 Å². The van der Waals surface area contributed by atoms with Crippen molar-refractivity contribution in [2.45, 2.75) is 51.2 Å². The van der Waals surface area contributed by atoms with Crippen molar-refractivity contribution in [1.29, 1.82) is 0 Å². The van der Waals surface area contributed by atoms with Gasteiger partial charge in [0.05, 0.1) is 0 Å². The van der Waals surface area contributed by atoms with Crippen molar-refractivity contribution >= 4 is 11.6 Å². The van der Waals surface area contributed by atoms with Crippen molar-refractivity contribution in [2.24, 2.45) is 5.73 Å². The third-order valence-electron chi connectivity index (χ3n) is 4.53. The molecule has 0 aromatic heterocycles. The summed E-state index contributed by atoms with van der Waals surface area (Å²) in [4.78, 5) is 14.4. The summed E-state index contributed by atoms with van der Waals surface area (Å²) < 4.78 is 5.53. The number of fused-ring (bicyclic) bond motifs is 1. The zero-order chi connectivity index (χ0) is 14.8.